The summed E-state index contributed by atoms with van der Waals surface area (Å²) in [6.45, 7) is 4.40. The number of hydrogen-bond donors (Lipinski definition) is 1. The van der Waals surface area contributed by atoms with Crippen LogP contribution in [0.1, 0.15) is 29.8 Å². The van der Waals surface area contributed by atoms with Gasteiger partial charge in [0.25, 0.3) is 0 Å². The van der Waals surface area contributed by atoms with Gasteiger partial charge in [-0.15, -0.1) is 11.3 Å². The van der Waals surface area contributed by atoms with Gasteiger partial charge >= 0.3 is 0 Å². The second-order valence-electron chi connectivity index (χ2n) is 5.07. The predicted molar refractivity (Wildman–Crippen MR) is 89.3 cm³/mol. The molecule has 1 unspecified atom stereocenters. The van der Waals surface area contributed by atoms with E-state index in [-0.39, 0.29) is 0 Å². The molecule has 21 heavy (non-hydrogen) atoms. The summed E-state index contributed by atoms with van der Waals surface area (Å²) in [4.78, 5) is 1.35. The van der Waals surface area contributed by atoms with Crippen LogP contribution in [0.2, 0.25) is 0 Å². The van der Waals surface area contributed by atoms with Crippen LogP contribution >= 0.6 is 27.3 Å². The summed E-state index contributed by atoms with van der Waals surface area (Å²) < 4.78 is 12.5. The molecule has 0 fully saturated rings. The van der Waals surface area contributed by atoms with Gasteiger partial charge in [0.2, 0.25) is 0 Å². The van der Waals surface area contributed by atoms with Crippen molar-refractivity contribution in [1.82, 2.24) is 5.32 Å². The van der Waals surface area contributed by atoms with Gasteiger partial charge in [-0.25, -0.2) is 0 Å². The molecule has 112 valence electrons. The zero-order valence-corrected chi connectivity index (χ0v) is 14.3. The van der Waals surface area contributed by atoms with Crippen LogP contribution in [0.15, 0.2) is 34.1 Å². The third kappa shape index (κ3) is 3.59. The quantitative estimate of drug-likeness (QED) is 0.861. The lowest BCUT2D eigenvalue weighted by Crippen LogP contribution is -2.17. The molecule has 0 amide bonds. The van der Waals surface area contributed by atoms with Gasteiger partial charge in [0.1, 0.15) is 0 Å². The van der Waals surface area contributed by atoms with E-state index in [4.69, 9.17) is 9.47 Å². The lowest BCUT2D eigenvalue weighted by atomic mass is 10.2. The SMILES string of the molecule is CC(NCc1cc(Br)c2c(c1)OCCCO2)c1cccs1. The van der Waals surface area contributed by atoms with Crippen molar-refractivity contribution in [2.45, 2.75) is 25.9 Å². The van der Waals surface area contributed by atoms with E-state index in [0.29, 0.717) is 19.3 Å². The normalized spacial score (nSPS) is 15.5. The molecule has 0 spiro atoms. The highest BCUT2D eigenvalue weighted by molar-refractivity contribution is 9.10. The molecule has 3 rings (SSSR count). The van der Waals surface area contributed by atoms with Crippen LogP contribution in [-0.4, -0.2) is 13.2 Å². The van der Waals surface area contributed by atoms with Crippen molar-refractivity contribution in [2.24, 2.45) is 0 Å². The molecule has 0 saturated carbocycles. The smallest absolute Gasteiger partial charge is 0.175 e. The van der Waals surface area contributed by atoms with Gasteiger partial charge in [-0.3, -0.25) is 0 Å². The highest BCUT2D eigenvalue weighted by Gasteiger charge is 2.15. The van der Waals surface area contributed by atoms with Crippen molar-refractivity contribution in [2.75, 3.05) is 13.2 Å². The van der Waals surface area contributed by atoms with Crippen molar-refractivity contribution < 1.29 is 9.47 Å². The molecule has 1 aliphatic heterocycles. The fraction of sp³-hybridized carbons (Fsp3) is 0.375. The van der Waals surface area contributed by atoms with Gasteiger partial charge in [0, 0.05) is 23.9 Å². The summed E-state index contributed by atoms with van der Waals surface area (Å²) in [5.74, 6) is 1.66. The molecule has 1 aromatic carbocycles. The van der Waals surface area contributed by atoms with Crippen LogP contribution in [-0.2, 0) is 6.54 Å². The summed E-state index contributed by atoms with van der Waals surface area (Å²) in [5.41, 5.74) is 1.19. The first kappa shape index (κ1) is 14.9. The maximum absolute atomic E-state index is 5.77. The number of halogens is 1. The minimum Gasteiger partial charge on any atom is -0.490 e. The maximum Gasteiger partial charge on any atom is 0.175 e. The van der Waals surface area contributed by atoms with Gasteiger partial charge in [-0.2, -0.15) is 0 Å². The van der Waals surface area contributed by atoms with E-state index in [2.05, 4.69) is 57.8 Å². The Morgan fingerprint density at radius 1 is 1.33 bits per heavy atom. The molecule has 0 radical (unpaired) electrons. The first-order valence-electron chi connectivity index (χ1n) is 7.09. The summed E-state index contributed by atoms with van der Waals surface area (Å²) in [5, 5.41) is 5.65. The number of hydrogen-bond acceptors (Lipinski definition) is 4. The van der Waals surface area contributed by atoms with E-state index in [0.717, 1.165) is 28.9 Å². The summed E-state index contributed by atoms with van der Waals surface area (Å²) in [6, 6.07) is 8.76. The summed E-state index contributed by atoms with van der Waals surface area (Å²) >= 11 is 5.36. The largest absolute Gasteiger partial charge is 0.490 e. The van der Waals surface area contributed by atoms with Gasteiger partial charge in [0.15, 0.2) is 11.5 Å². The number of fused-ring (bicyclic) bond motifs is 1. The highest BCUT2D eigenvalue weighted by atomic mass is 79.9. The fourth-order valence-electron chi connectivity index (χ4n) is 2.30. The number of rotatable bonds is 4. The maximum atomic E-state index is 5.77. The zero-order valence-electron chi connectivity index (χ0n) is 11.9. The molecular weight excluding hydrogens is 350 g/mol. The summed E-state index contributed by atoms with van der Waals surface area (Å²) in [7, 11) is 0. The van der Waals surface area contributed by atoms with E-state index in [1.807, 2.05) is 0 Å². The van der Waals surface area contributed by atoms with Crippen molar-refractivity contribution >= 4 is 27.3 Å². The Hall–Kier alpha value is -1.04. The Labute approximate surface area is 137 Å². The zero-order chi connectivity index (χ0) is 14.7. The Balaban J connectivity index is 1.71. The summed E-state index contributed by atoms with van der Waals surface area (Å²) in [6.07, 6.45) is 0.921. The average molecular weight is 368 g/mol. The van der Waals surface area contributed by atoms with Crippen molar-refractivity contribution in [1.29, 1.82) is 0 Å². The predicted octanol–water partition coefficient (Wildman–Crippen LogP) is 4.52. The third-order valence-electron chi connectivity index (χ3n) is 3.44. The molecule has 1 N–H and O–H groups in total. The second kappa shape index (κ2) is 6.81. The Morgan fingerprint density at radius 3 is 3.00 bits per heavy atom. The lowest BCUT2D eigenvalue weighted by Gasteiger charge is -2.15. The minimum absolute atomic E-state index is 0.347. The van der Waals surface area contributed by atoms with E-state index in [9.17, 15) is 0 Å². The van der Waals surface area contributed by atoms with Gasteiger partial charge in [-0.1, -0.05) is 6.07 Å². The molecule has 0 bridgehead atoms. The van der Waals surface area contributed by atoms with Crippen molar-refractivity contribution in [3.05, 3.63) is 44.6 Å². The van der Waals surface area contributed by atoms with Crippen LogP contribution in [0.25, 0.3) is 0 Å². The average Bonchev–Trinajstić information content (AvgIpc) is 2.91. The molecule has 1 aromatic heterocycles. The second-order valence-corrected chi connectivity index (χ2v) is 6.91. The van der Waals surface area contributed by atoms with Crippen LogP contribution < -0.4 is 14.8 Å². The first-order valence-corrected chi connectivity index (χ1v) is 8.76. The molecule has 2 aromatic rings. The number of benzene rings is 1. The van der Waals surface area contributed by atoms with Crippen LogP contribution in [0, 0.1) is 0 Å². The molecule has 1 atom stereocenters. The van der Waals surface area contributed by atoms with E-state index >= 15 is 0 Å². The molecular formula is C16H18BrNO2S. The fourth-order valence-corrected chi connectivity index (χ4v) is 3.66. The lowest BCUT2D eigenvalue weighted by molar-refractivity contribution is 0.296. The first-order chi connectivity index (χ1) is 10.2. The number of thiophene rings is 1. The standard InChI is InChI=1S/C16H18BrNO2S/c1-11(15-4-2-7-21-15)18-10-12-8-13(17)16-14(9-12)19-5-3-6-20-16/h2,4,7-9,11,18H,3,5-6,10H2,1H3. The van der Waals surface area contributed by atoms with E-state index < -0.39 is 0 Å². The minimum atomic E-state index is 0.347. The Bertz CT molecular complexity index is 601. The topological polar surface area (TPSA) is 30.5 Å². The number of ether oxygens (including phenoxy) is 2. The van der Waals surface area contributed by atoms with E-state index in [1.165, 1.54) is 10.4 Å². The van der Waals surface area contributed by atoms with Gasteiger partial charge in [0.05, 0.1) is 17.7 Å². The Morgan fingerprint density at radius 2 is 2.19 bits per heavy atom. The Kier molecular flexibility index (Phi) is 4.83. The molecule has 1 aliphatic rings. The molecule has 0 aliphatic carbocycles. The van der Waals surface area contributed by atoms with Gasteiger partial charge in [-0.05, 0) is 52.0 Å². The molecule has 5 heteroatoms. The molecule has 3 nitrogen and oxygen atoms in total. The number of nitrogens with one attached hydrogen (secondary N) is 1. The third-order valence-corrected chi connectivity index (χ3v) is 5.09. The molecule has 2 heterocycles. The monoisotopic (exact) mass is 367 g/mol. The van der Waals surface area contributed by atoms with Gasteiger partial charge < -0.3 is 14.8 Å². The van der Waals surface area contributed by atoms with Crippen LogP contribution in [0.3, 0.4) is 0 Å². The highest BCUT2D eigenvalue weighted by Crippen LogP contribution is 2.38. The molecule has 0 saturated heterocycles. The van der Waals surface area contributed by atoms with E-state index in [1.54, 1.807) is 11.3 Å². The van der Waals surface area contributed by atoms with Crippen LogP contribution in [0.5, 0.6) is 11.5 Å². The van der Waals surface area contributed by atoms with Crippen molar-refractivity contribution in [3.63, 3.8) is 0 Å². The van der Waals surface area contributed by atoms with Crippen molar-refractivity contribution in [3.8, 4) is 11.5 Å². The van der Waals surface area contributed by atoms with Crippen LogP contribution in [0.4, 0.5) is 0 Å².